The van der Waals surface area contributed by atoms with Crippen LogP contribution in [0.3, 0.4) is 0 Å². The van der Waals surface area contributed by atoms with Crippen LogP contribution in [-0.4, -0.2) is 48.0 Å². The maximum atomic E-state index is 13.0. The second kappa shape index (κ2) is 9.38. The maximum absolute atomic E-state index is 13.0. The fraction of sp³-hybridized carbons (Fsp3) is 0.625. The van der Waals surface area contributed by atoms with E-state index in [2.05, 4.69) is 10.6 Å². The highest BCUT2D eigenvalue weighted by Crippen LogP contribution is 2.38. The summed E-state index contributed by atoms with van der Waals surface area (Å²) >= 11 is 0. The maximum Gasteiger partial charge on any atom is 0.325 e. The van der Waals surface area contributed by atoms with Crippen molar-refractivity contribution in [2.45, 2.75) is 76.5 Å². The van der Waals surface area contributed by atoms with Gasteiger partial charge in [-0.2, -0.15) is 0 Å². The summed E-state index contributed by atoms with van der Waals surface area (Å²) in [4.78, 5) is 39.0. The Morgan fingerprint density at radius 3 is 2.62 bits per heavy atom. The van der Waals surface area contributed by atoms with Crippen molar-refractivity contribution in [2.24, 2.45) is 5.92 Å². The van der Waals surface area contributed by atoms with Gasteiger partial charge in [0.05, 0.1) is 13.2 Å². The monoisotopic (exact) mass is 443 g/mol. The van der Waals surface area contributed by atoms with Gasteiger partial charge in [0.25, 0.3) is 5.91 Å². The predicted molar refractivity (Wildman–Crippen MR) is 118 cm³/mol. The fourth-order valence-corrected chi connectivity index (χ4v) is 5.14. The molecule has 2 aliphatic carbocycles. The van der Waals surface area contributed by atoms with Crippen molar-refractivity contribution in [1.82, 2.24) is 15.5 Å². The summed E-state index contributed by atoms with van der Waals surface area (Å²) in [5.74, 6) is 0.754. The van der Waals surface area contributed by atoms with Crippen LogP contribution in [0.4, 0.5) is 4.79 Å². The van der Waals surface area contributed by atoms with Crippen LogP contribution < -0.4 is 20.1 Å². The Morgan fingerprint density at radius 2 is 1.91 bits per heavy atom. The molecule has 2 saturated carbocycles. The van der Waals surface area contributed by atoms with Crippen molar-refractivity contribution in [2.75, 3.05) is 13.7 Å². The molecule has 8 nitrogen and oxygen atoms in total. The molecule has 1 spiro atoms. The molecule has 3 aliphatic rings. The summed E-state index contributed by atoms with van der Waals surface area (Å²) in [7, 11) is 1.60. The van der Waals surface area contributed by atoms with Crippen LogP contribution in [0.5, 0.6) is 11.5 Å². The van der Waals surface area contributed by atoms with E-state index in [0.717, 1.165) is 42.6 Å². The SMILES string of the molecule is COc1cc(CNC(=O)CN2C(=O)NC3(CCCCC3C)C2=O)ccc1OC1CCCC1. The molecule has 2 unspecified atom stereocenters. The van der Waals surface area contributed by atoms with Crippen molar-refractivity contribution < 1.29 is 23.9 Å². The minimum atomic E-state index is -0.849. The summed E-state index contributed by atoms with van der Waals surface area (Å²) in [6.45, 7) is 1.98. The fourth-order valence-electron chi connectivity index (χ4n) is 5.14. The standard InChI is InChI=1S/C24H33N3O5/c1-16-7-5-6-12-24(16)22(29)27(23(30)26-24)15-21(28)25-14-17-10-11-19(20(13-17)31-2)32-18-8-3-4-9-18/h10-11,13,16,18H,3-9,12,14-15H2,1-2H3,(H,25,28)(H,26,30). The molecule has 1 heterocycles. The van der Waals surface area contributed by atoms with Gasteiger partial charge in [-0.05, 0) is 62.1 Å². The summed E-state index contributed by atoms with van der Waals surface area (Å²) in [5.41, 5.74) is 0.00143. The molecule has 1 aromatic carbocycles. The Morgan fingerprint density at radius 1 is 1.16 bits per heavy atom. The number of carbonyl (C=O) groups is 3. The van der Waals surface area contributed by atoms with Gasteiger partial charge in [0.2, 0.25) is 5.91 Å². The molecule has 1 saturated heterocycles. The summed E-state index contributed by atoms with van der Waals surface area (Å²) in [6.07, 6.45) is 8.21. The number of amides is 4. The number of nitrogens with zero attached hydrogens (tertiary/aromatic N) is 1. The summed E-state index contributed by atoms with van der Waals surface area (Å²) in [5, 5.41) is 5.68. The van der Waals surface area contributed by atoms with Crippen LogP contribution in [0, 0.1) is 5.92 Å². The molecule has 2 N–H and O–H groups in total. The second-order valence-electron chi connectivity index (χ2n) is 9.23. The third-order valence-corrected chi connectivity index (χ3v) is 7.12. The number of ether oxygens (including phenoxy) is 2. The number of hydrogen-bond donors (Lipinski definition) is 2. The molecular formula is C24H33N3O5. The van der Waals surface area contributed by atoms with Crippen LogP contribution in [0.15, 0.2) is 18.2 Å². The number of methoxy groups -OCH3 is 1. The first-order valence-corrected chi connectivity index (χ1v) is 11.7. The highest BCUT2D eigenvalue weighted by molar-refractivity contribution is 6.09. The minimum Gasteiger partial charge on any atom is -0.493 e. The normalized spacial score (nSPS) is 25.8. The van der Waals surface area contributed by atoms with Gasteiger partial charge < -0.3 is 20.1 Å². The number of benzene rings is 1. The lowest BCUT2D eigenvalue weighted by atomic mass is 9.73. The molecule has 2 atom stereocenters. The minimum absolute atomic E-state index is 0.0678. The van der Waals surface area contributed by atoms with Crippen LogP contribution in [0.2, 0.25) is 0 Å². The Hall–Kier alpha value is -2.77. The van der Waals surface area contributed by atoms with Gasteiger partial charge in [0, 0.05) is 6.54 Å². The Bertz CT molecular complexity index is 882. The van der Waals surface area contributed by atoms with E-state index in [1.807, 2.05) is 25.1 Å². The van der Waals surface area contributed by atoms with E-state index in [0.29, 0.717) is 17.9 Å². The highest BCUT2D eigenvalue weighted by atomic mass is 16.5. The molecule has 4 rings (SSSR count). The van der Waals surface area contributed by atoms with Crippen molar-refractivity contribution in [1.29, 1.82) is 0 Å². The summed E-state index contributed by atoms with van der Waals surface area (Å²) < 4.78 is 11.5. The summed E-state index contributed by atoms with van der Waals surface area (Å²) in [6, 6.07) is 5.12. The van der Waals surface area contributed by atoms with Crippen LogP contribution in [-0.2, 0) is 16.1 Å². The van der Waals surface area contributed by atoms with Gasteiger partial charge in [0.1, 0.15) is 12.1 Å². The molecular weight excluding hydrogens is 410 g/mol. The molecule has 32 heavy (non-hydrogen) atoms. The molecule has 1 aromatic rings. The van der Waals surface area contributed by atoms with Gasteiger partial charge in [-0.15, -0.1) is 0 Å². The number of rotatable bonds is 7. The molecule has 0 bridgehead atoms. The lowest BCUT2D eigenvalue weighted by Gasteiger charge is -2.36. The van der Waals surface area contributed by atoms with E-state index in [9.17, 15) is 14.4 Å². The zero-order valence-electron chi connectivity index (χ0n) is 18.9. The first-order valence-electron chi connectivity index (χ1n) is 11.7. The smallest absolute Gasteiger partial charge is 0.325 e. The van der Waals surface area contributed by atoms with Gasteiger partial charge in [-0.1, -0.05) is 25.8 Å². The van der Waals surface area contributed by atoms with E-state index >= 15 is 0 Å². The van der Waals surface area contributed by atoms with Gasteiger partial charge in [0.15, 0.2) is 11.5 Å². The Kier molecular flexibility index (Phi) is 6.58. The van der Waals surface area contributed by atoms with E-state index in [1.54, 1.807) is 7.11 Å². The van der Waals surface area contributed by atoms with Crippen molar-refractivity contribution in [3.8, 4) is 11.5 Å². The average molecular weight is 444 g/mol. The number of nitrogens with one attached hydrogen (secondary N) is 2. The zero-order chi connectivity index (χ0) is 22.7. The number of imide groups is 1. The number of hydrogen-bond acceptors (Lipinski definition) is 5. The lowest BCUT2D eigenvalue weighted by molar-refractivity contribution is -0.137. The van der Waals surface area contributed by atoms with E-state index < -0.39 is 11.6 Å². The van der Waals surface area contributed by atoms with Gasteiger partial charge in [-0.25, -0.2) is 4.79 Å². The van der Waals surface area contributed by atoms with E-state index in [-0.39, 0.29) is 36.9 Å². The zero-order valence-corrected chi connectivity index (χ0v) is 18.9. The molecule has 1 aliphatic heterocycles. The third kappa shape index (κ3) is 4.40. The highest BCUT2D eigenvalue weighted by Gasteiger charge is 2.55. The molecule has 8 heteroatoms. The first-order chi connectivity index (χ1) is 15.4. The molecule has 174 valence electrons. The molecule has 3 fully saturated rings. The Balaban J connectivity index is 1.33. The Labute approximate surface area is 189 Å². The van der Waals surface area contributed by atoms with Gasteiger partial charge >= 0.3 is 6.03 Å². The van der Waals surface area contributed by atoms with Gasteiger partial charge in [-0.3, -0.25) is 14.5 Å². The van der Waals surface area contributed by atoms with Crippen LogP contribution >= 0.6 is 0 Å². The molecule has 0 radical (unpaired) electrons. The quantitative estimate of drug-likeness (QED) is 0.631. The van der Waals surface area contributed by atoms with Crippen LogP contribution in [0.25, 0.3) is 0 Å². The van der Waals surface area contributed by atoms with Crippen LogP contribution in [0.1, 0.15) is 63.9 Å². The lowest BCUT2D eigenvalue weighted by Crippen LogP contribution is -2.54. The van der Waals surface area contributed by atoms with Crippen molar-refractivity contribution >= 4 is 17.8 Å². The molecule has 4 amide bonds. The second-order valence-corrected chi connectivity index (χ2v) is 9.23. The topological polar surface area (TPSA) is 97.0 Å². The first kappa shape index (κ1) is 22.4. The van der Waals surface area contributed by atoms with Crippen molar-refractivity contribution in [3.05, 3.63) is 23.8 Å². The third-order valence-electron chi connectivity index (χ3n) is 7.12. The van der Waals surface area contributed by atoms with Crippen molar-refractivity contribution in [3.63, 3.8) is 0 Å². The predicted octanol–water partition coefficient (Wildman–Crippen LogP) is 3.13. The van der Waals surface area contributed by atoms with E-state index in [4.69, 9.17) is 9.47 Å². The average Bonchev–Trinajstić information content (AvgIpc) is 3.38. The number of urea groups is 1. The van der Waals surface area contributed by atoms with E-state index in [1.165, 1.54) is 12.8 Å². The number of carbonyl (C=O) groups excluding carboxylic acids is 3. The largest absolute Gasteiger partial charge is 0.493 e. The molecule has 0 aromatic heterocycles.